The maximum Gasteiger partial charge on any atom is 0.266 e. The van der Waals surface area contributed by atoms with Gasteiger partial charge in [-0.05, 0) is 55.7 Å². The minimum atomic E-state index is -0.101. The Bertz CT molecular complexity index is 1080. The van der Waals surface area contributed by atoms with Crippen molar-refractivity contribution >= 4 is 44.2 Å². The van der Waals surface area contributed by atoms with Gasteiger partial charge in [-0.25, -0.2) is 4.98 Å². The molecule has 0 saturated carbocycles. The fraction of sp³-hybridized carbons (Fsp3) is 0.417. The standard InChI is InChI=1S/C24H28ClN3O3S/c1-17-5-3-6-19(15-17)31-16-22(29)28(10-4-9-27-11-13-30-14-12-27)24-26-23-18(2)20(25)7-8-21(23)32-24/h3,5-8,15H,4,9-14,16H2,1-2H3. The fourth-order valence-corrected chi connectivity index (χ4v) is 4.96. The van der Waals surface area contributed by atoms with Crippen LogP contribution in [0.5, 0.6) is 5.75 Å². The van der Waals surface area contributed by atoms with Gasteiger partial charge in [0, 0.05) is 31.2 Å². The Balaban J connectivity index is 1.50. The van der Waals surface area contributed by atoms with Gasteiger partial charge in [0.2, 0.25) is 0 Å². The lowest BCUT2D eigenvalue weighted by Crippen LogP contribution is -2.40. The van der Waals surface area contributed by atoms with Gasteiger partial charge >= 0.3 is 0 Å². The van der Waals surface area contributed by atoms with E-state index in [2.05, 4.69) is 4.90 Å². The molecule has 1 aliphatic heterocycles. The molecule has 32 heavy (non-hydrogen) atoms. The lowest BCUT2D eigenvalue weighted by molar-refractivity contribution is -0.120. The first-order valence-electron chi connectivity index (χ1n) is 10.9. The molecule has 2 heterocycles. The molecule has 3 aromatic rings. The first-order valence-corrected chi connectivity index (χ1v) is 12.1. The molecule has 0 unspecified atom stereocenters. The predicted octanol–water partition coefficient (Wildman–Crippen LogP) is 4.70. The van der Waals surface area contributed by atoms with Gasteiger partial charge in [-0.2, -0.15) is 0 Å². The van der Waals surface area contributed by atoms with E-state index in [1.54, 1.807) is 4.90 Å². The smallest absolute Gasteiger partial charge is 0.266 e. The Morgan fingerprint density at radius 3 is 2.84 bits per heavy atom. The average Bonchev–Trinajstić information content (AvgIpc) is 3.23. The molecule has 0 N–H and O–H groups in total. The summed E-state index contributed by atoms with van der Waals surface area (Å²) in [6.07, 6.45) is 0.853. The number of anilines is 1. The van der Waals surface area contributed by atoms with Crippen LogP contribution in [-0.4, -0.2) is 61.8 Å². The summed E-state index contributed by atoms with van der Waals surface area (Å²) in [6, 6.07) is 11.6. The normalized spacial score (nSPS) is 14.6. The molecule has 170 valence electrons. The molecule has 1 aromatic heterocycles. The van der Waals surface area contributed by atoms with Gasteiger partial charge in [0.05, 0.1) is 23.4 Å². The lowest BCUT2D eigenvalue weighted by atomic mass is 10.2. The highest BCUT2D eigenvalue weighted by Crippen LogP contribution is 2.33. The third-order valence-electron chi connectivity index (χ3n) is 5.58. The highest BCUT2D eigenvalue weighted by molar-refractivity contribution is 7.22. The number of nitrogens with zero attached hydrogens (tertiary/aromatic N) is 3. The Morgan fingerprint density at radius 1 is 1.25 bits per heavy atom. The van der Waals surface area contributed by atoms with Crippen LogP contribution in [0.1, 0.15) is 17.5 Å². The Kier molecular flexibility index (Phi) is 7.63. The number of morpholine rings is 1. The third-order valence-corrected chi connectivity index (χ3v) is 7.03. The molecule has 0 atom stereocenters. The monoisotopic (exact) mass is 473 g/mol. The van der Waals surface area contributed by atoms with Crippen molar-refractivity contribution in [1.29, 1.82) is 0 Å². The SMILES string of the molecule is Cc1cccc(OCC(=O)N(CCCN2CCOCC2)c2nc3c(C)c(Cl)ccc3s2)c1. The molecular weight excluding hydrogens is 446 g/mol. The van der Waals surface area contributed by atoms with E-state index >= 15 is 0 Å². The van der Waals surface area contributed by atoms with Crippen LogP contribution in [0.25, 0.3) is 10.2 Å². The number of hydrogen-bond donors (Lipinski definition) is 0. The second-order valence-corrected chi connectivity index (χ2v) is 9.39. The average molecular weight is 474 g/mol. The van der Waals surface area contributed by atoms with Crippen LogP contribution in [0.2, 0.25) is 5.02 Å². The molecule has 0 spiro atoms. The highest BCUT2D eigenvalue weighted by Gasteiger charge is 2.22. The van der Waals surface area contributed by atoms with E-state index in [1.165, 1.54) is 11.3 Å². The van der Waals surface area contributed by atoms with Gasteiger partial charge in [-0.3, -0.25) is 14.6 Å². The van der Waals surface area contributed by atoms with Gasteiger partial charge in [0.15, 0.2) is 11.7 Å². The number of carbonyl (C=O) groups is 1. The van der Waals surface area contributed by atoms with Crippen LogP contribution < -0.4 is 9.64 Å². The molecule has 1 aliphatic rings. The summed E-state index contributed by atoms with van der Waals surface area (Å²) in [7, 11) is 0. The van der Waals surface area contributed by atoms with Crippen molar-refractivity contribution in [3.8, 4) is 5.75 Å². The summed E-state index contributed by atoms with van der Waals surface area (Å²) in [4.78, 5) is 22.1. The van der Waals surface area contributed by atoms with Crippen molar-refractivity contribution in [2.45, 2.75) is 20.3 Å². The second kappa shape index (κ2) is 10.6. The summed E-state index contributed by atoms with van der Waals surface area (Å²) < 4.78 is 12.3. The molecule has 8 heteroatoms. The third kappa shape index (κ3) is 5.59. The topological polar surface area (TPSA) is 54.9 Å². The summed E-state index contributed by atoms with van der Waals surface area (Å²) >= 11 is 7.80. The van der Waals surface area contributed by atoms with Crippen LogP contribution in [0, 0.1) is 13.8 Å². The Labute approximate surface area is 197 Å². The number of amides is 1. The van der Waals surface area contributed by atoms with Crippen LogP contribution in [0.15, 0.2) is 36.4 Å². The molecule has 0 bridgehead atoms. The molecule has 1 fully saturated rings. The number of hydrogen-bond acceptors (Lipinski definition) is 6. The molecule has 6 nitrogen and oxygen atoms in total. The lowest BCUT2D eigenvalue weighted by Gasteiger charge is -2.27. The van der Waals surface area contributed by atoms with Crippen molar-refractivity contribution in [2.75, 3.05) is 50.9 Å². The molecule has 4 rings (SSSR count). The first-order chi connectivity index (χ1) is 15.5. The highest BCUT2D eigenvalue weighted by atomic mass is 35.5. The number of halogens is 1. The maximum atomic E-state index is 13.2. The molecule has 2 aromatic carbocycles. The van der Waals surface area contributed by atoms with E-state index < -0.39 is 0 Å². The minimum absolute atomic E-state index is 0.0311. The maximum absolute atomic E-state index is 13.2. The quantitative estimate of drug-likeness (QED) is 0.474. The molecule has 0 aliphatic carbocycles. The number of aryl methyl sites for hydroxylation is 2. The summed E-state index contributed by atoms with van der Waals surface area (Å²) in [6.45, 7) is 8.83. The van der Waals surface area contributed by atoms with Crippen LogP contribution in [0.3, 0.4) is 0 Å². The number of ether oxygens (including phenoxy) is 2. The second-order valence-electron chi connectivity index (χ2n) is 7.97. The Hall–Kier alpha value is -2.19. The molecule has 0 radical (unpaired) electrons. The number of rotatable bonds is 8. The van der Waals surface area contributed by atoms with E-state index in [9.17, 15) is 4.79 Å². The number of fused-ring (bicyclic) bond motifs is 1. The van der Waals surface area contributed by atoms with Crippen LogP contribution in [-0.2, 0) is 9.53 Å². The summed E-state index contributed by atoms with van der Waals surface area (Å²) in [5.74, 6) is 0.592. The molecule has 1 saturated heterocycles. The van der Waals surface area contributed by atoms with Crippen molar-refractivity contribution in [2.24, 2.45) is 0 Å². The summed E-state index contributed by atoms with van der Waals surface area (Å²) in [5, 5.41) is 1.37. The van der Waals surface area contributed by atoms with Gasteiger partial charge in [0.25, 0.3) is 5.91 Å². The first kappa shape index (κ1) is 23.0. The van der Waals surface area contributed by atoms with Crippen molar-refractivity contribution in [3.63, 3.8) is 0 Å². The number of carbonyl (C=O) groups excluding carboxylic acids is 1. The zero-order valence-electron chi connectivity index (χ0n) is 18.5. The van der Waals surface area contributed by atoms with E-state index in [0.717, 1.165) is 60.6 Å². The zero-order valence-corrected chi connectivity index (χ0v) is 20.0. The van der Waals surface area contributed by atoms with Gasteiger partial charge in [0.1, 0.15) is 5.75 Å². The molecular formula is C24H28ClN3O3S. The largest absolute Gasteiger partial charge is 0.484 e. The van der Waals surface area contributed by atoms with Crippen molar-refractivity contribution < 1.29 is 14.3 Å². The van der Waals surface area contributed by atoms with Gasteiger partial charge in [-0.1, -0.05) is 35.1 Å². The van der Waals surface area contributed by atoms with Crippen LogP contribution in [0.4, 0.5) is 5.13 Å². The van der Waals surface area contributed by atoms with E-state index in [1.807, 2.05) is 50.2 Å². The van der Waals surface area contributed by atoms with E-state index in [-0.39, 0.29) is 12.5 Å². The Morgan fingerprint density at radius 2 is 2.06 bits per heavy atom. The number of benzene rings is 2. The van der Waals surface area contributed by atoms with E-state index in [0.29, 0.717) is 22.4 Å². The number of thiazole rings is 1. The molecule has 1 amide bonds. The predicted molar refractivity (Wildman–Crippen MR) is 130 cm³/mol. The van der Waals surface area contributed by atoms with Crippen molar-refractivity contribution in [1.82, 2.24) is 9.88 Å². The van der Waals surface area contributed by atoms with E-state index in [4.69, 9.17) is 26.1 Å². The van der Waals surface area contributed by atoms with Gasteiger partial charge < -0.3 is 9.47 Å². The minimum Gasteiger partial charge on any atom is -0.484 e. The van der Waals surface area contributed by atoms with Crippen LogP contribution >= 0.6 is 22.9 Å². The van der Waals surface area contributed by atoms with Gasteiger partial charge in [-0.15, -0.1) is 0 Å². The fourth-order valence-electron chi connectivity index (χ4n) is 3.74. The summed E-state index contributed by atoms with van der Waals surface area (Å²) in [5.41, 5.74) is 2.88. The zero-order chi connectivity index (χ0) is 22.5. The van der Waals surface area contributed by atoms with Crippen molar-refractivity contribution in [3.05, 3.63) is 52.5 Å². The number of aromatic nitrogens is 1.